The molecule has 1 aliphatic rings. The number of Topliss-reactive ketones (excluding diaryl/α,β-unsaturated/α-hetero) is 1. The van der Waals surface area contributed by atoms with Crippen LogP contribution < -0.4 is 0 Å². The van der Waals surface area contributed by atoms with Gasteiger partial charge in [0.15, 0.2) is 5.78 Å². The van der Waals surface area contributed by atoms with E-state index < -0.39 is 0 Å². The van der Waals surface area contributed by atoms with Gasteiger partial charge in [-0.3, -0.25) is 9.69 Å². The molecule has 0 aliphatic carbocycles. The molecule has 0 amide bonds. The maximum atomic E-state index is 12.1. The largest absolute Gasteiger partial charge is 0.348 e. The molecule has 0 N–H and O–H groups in total. The molecule has 0 radical (unpaired) electrons. The summed E-state index contributed by atoms with van der Waals surface area (Å²) >= 11 is 1.98. The molecular weight excluding hydrogens is 220 g/mol. The molecule has 1 aromatic rings. The normalized spacial score (nSPS) is 22.2. The first kappa shape index (κ1) is 11.7. The molecule has 1 fully saturated rings. The van der Waals surface area contributed by atoms with Crippen LogP contribution in [0, 0.1) is 0 Å². The minimum absolute atomic E-state index is 0.228. The third kappa shape index (κ3) is 2.50. The first-order chi connectivity index (χ1) is 7.68. The van der Waals surface area contributed by atoms with Crippen LogP contribution in [0.2, 0.25) is 0 Å². The van der Waals surface area contributed by atoms with Crippen molar-refractivity contribution in [2.45, 2.75) is 13.0 Å². The minimum atomic E-state index is 0.228. The van der Waals surface area contributed by atoms with Crippen molar-refractivity contribution in [3.8, 4) is 0 Å². The van der Waals surface area contributed by atoms with Crippen LogP contribution in [0.15, 0.2) is 18.3 Å². The predicted octanol–water partition coefficient (Wildman–Crippen LogP) is 1.65. The lowest BCUT2D eigenvalue weighted by molar-refractivity contribution is 0.0903. The Morgan fingerprint density at radius 3 is 3.06 bits per heavy atom. The van der Waals surface area contributed by atoms with E-state index in [1.807, 2.05) is 41.7 Å². The van der Waals surface area contributed by atoms with E-state index in [4.69, 9.17) is 0 Å². The van der Waals surface area contributed by atoms with E-state index in [0.717, 1.165) is 23.7 Å². The Balaban J connectivity index is 1.99. The Morgan fingerprint density at radius 1 is 1.62 bits per heavy atom. The monoisotopic (exact) mass is 238 g/mol. The van der Waals surface area contributed by atoms with Crippen molar-refractivity contribution >= 4 is 17.5 Å². The summed E-state index contributed by atoms with van der Waals surface area (Å²) in [4.78, 5) is 14.4. The Morgan fingerprint density at radius 2 is 2.44 bits per heavy atom. The number of aromatic nitrogens is 1. The van der Waals surface area contributed by atoms with Crippen LogP contribution in [-0.2, 0) is 7.05 Å². The van der Waals surface area contributed by atoms with Crippen molar-refractivity contribution in [3.05, 3.63) is 24.0 Å². The van der Waals surface area contributed by atoms with Gasteiger partial charge in [0.1, 0.15) is 0 Å². The van der Waals surface area contributed by atoms with Gasteiger partial charge in [0.2, 0.25) is 0 Å². The highest BCUT2D eigenvalue weighted by Crippen LogP contribution is 2.16. The zero-order valence-corrected chi connectivity index (χ0v) is 10.7. The van der Waals surface area contributed by atoms with Crippen LogP contribution in [0.1, 0.15) is 17.4 Å². The van der Waals surface area contributed by atoms with E-state index >= 15 is 0 Å². The number of carbonyl (C=O) groups excluding carboxylic acids is 1. The number of thioether (sulfide) groups is 1. The quantitative estimate of drug-likeness (QED) is 0.749. The SMILES string of the molecule is CC1CSCCN1CC(=O)c1cccn1C. The zero-order chi connectivity index (χ0) is 11.5. The Labute approximate surface area is 101 Å². The molecule has 0 spiro atoms. The Hall–Kier alpha value is -0.740. The van der Waals surface area contributed by atoms with E-state index in [1.54, 1.807) is 0 Å². The lowest BCUT2D eigenvalue weighted by Crippen LogP contribution is -2.43. The highest BCUT2D eigenvalue weighted by atomic mass is 32.2. The lowest BCUT2D eigenvalue weighted by atomic mass is 10.2. The summed E-state index contributed by atoms with van der Waals surface area (Å²) in [5.74, 6) is 2.51. The molecule has 3 nitrogen and oxygen atoms in total. The summed E-state index contributed by atoms with van der Waals surface area (Å²) in [6, 6.07) is 4.33. The molecule has 1 unspecified atom stereocenters. The number of hydrogen-bond acceptors (Lipinski definition) is 3. The van der Waals surface area contributed by atoms with E-state index in [0.29, 0.717) is 12.6 Å². The summed E-state index contributed by atoms with van der Waals surface area (Å²) in [6.07, 6.45) is 1.92. The molecule has 2 heterocycles. The number of carbonyl (C=O) groups is 1. The fourth-order valence-electron chi connectivity index (χ4n) is 2.01. The van der Waals surface area contributed by atoms with Crippen molar-refractivity contribution < 1.29 is 4.79 Å². The van der Waals surface area contributed by atoms with Gasteiger partial charge in [-0.1, -0.05) is 0 Å². The number of hydrogen-bond donors (Lipinski definition) is 0. The van der Waals surface area contributed by atoms with Gasteiger partial charge in [0, 0.05) is 37.3 Å². The molecule has 0 aromatic carbocycles. The van der Waals surface area contributed by atoms with Crippen LogP contribution in [-0.4, -0.2) is 45.9 Å². The average molecular weight is 238 g/mol. The molecule has 1 saturated heterocycles. The van der Waals surface area contributed by atoms with E-state index in [2.05, 4.69) is 11.8 Å². The van der Waals surface area contributed by atoms with Gasteiger partial charge in [-0.05, 0) is 19.1 Å². The second-order valence-electron chi connectivity index (χ2n) is 4.32. The summed E-state index contributed by atoms with van der Waals surface area (Å²) in [7, 11) is 1.92. The lowest BCUT2D eigenvalue weighted by Gasteiger charge is -2.32. The zero-order valence-electron chi connectivity index (χ0n) is 9.85. The maximum Gasteiger partial charge on any atom is 0.193 e. The maximum absolute atomic E-state index is 12.1. The van der Waals surface area contributed by atoms with Crippen LogP contribution in [0.5, 0.6) is 0 Å². The van der Waals surface area contributed by atoms with Gasteiger partial charge in [-0.2, -0.15) is 11.8 Å². The standard InChI is InChI=1S/C12H18N2OS/c1-10-9-16-7-6-14(10)8-12(15)11-4-3-5-13(11)2/h3-5,10H,6-9H2,1-2H3. The second kappa shape index (κ2) is 5.06. The fraction of sp³-hybridized carbons (Fsp3) is 0.583. The summed E-state index contributed by atoms with van der Waals surface area (Å²) in [5, 5.41) is 0. The van der Waals surface area contributed by atoms with E-state index in [9.17, 15) is 4.79 Å². The topological polar surface area (TPSA) is 25.2 Å². The predicted molar refractivity (Wildman–Crippen MR) is 68.1 cm³/mol. The molecule has 2 rings (SSSR count). The second-order valence-corrected chi connectivity index (χ2v) is 5.47. The van der Waals surface area contributed by atoms with Crippen LogP contribution >= 0.6 is 11.8 Å². The van der Waals surface area contributed by atoms with Gasteiger partial charge in [0.25, 0.3) is 0 Å². The van der Waals surface area contributed by atoms with Crippen molar-refractivity contribution in [1.29, 1.82) is 0 Å². The van der Waals surface area contributed by atoms with Crippen molar-refractivity contribution in [1.82, 2.24) is 9.47 Å². The molecular formula is C12H18N2OS. The van der Waals surface area contributed by atoms with Crippen LogP contribution in [0.25, 0.3) is 0 Å². The summed E-state index contributed by atoms with van der Waals surface area (Å²) < 4.78 is 1.89. The third-order valence-corrected chi connectivity index (χ3v) is 4.27. The average Bonchev–Trinajstić information content (AvgIpc) is 2.68. The summed E-state index contributed by atoms with van der Waals surface area (Å²) in [5.41, 5.74) is 0.811. The number of ketones is 1. The van der Waals surface area contributed by atoms with Crippen LogP contribution in [0.3, 0.4) is 0 Å². The van der Waals surface area contributed by atoms with Crippen molar-refractivity contribution in [3.63, 3.8) is 0 Å². The van der Waals surface area contributed by atoms with Crippen LogP contribution in [0.4, 0.5) is 0 Å². The van der Waals surface area contributed by atoms with Gasteiger partial charge in [-0.25, -0.2) is 0 Å². The molecule has 0 bridgehead atoms. The smallest absolute Gasteiger partial charge is 0.193 e. The van der Waals surface area contributed by atoms with Crippen molar-refractivity contribution in [2.24, 2.45) is 7.05 Å². The molecule has 4 heteroatoms. The summed E-state index contributed by atoms with van der Waals surface area (Å²) in [6.45, 7) is 3.78. The first-order valence-corrected chi connectivity index (χ1v) is 6.80. The third-order valence-electron chi connectivity index (χ3n) is 3.08. The minimum Gasteiger partial charge on any atom is -0.348 e. The molecule has 0 saturated carbocycles. The van der Waals surface area contributed by atoms with Gasteiger partial charge in [-0.15, -0.1) is 0 Å². The van der Waals surface area contributed by atoms with Crippen molar-refractivity contribution in [2.75, 3.05) is 24.6 Å². The fourth-order valence-corrected chi connectivity index (χ4v) is 3.09. The first-order valence-electron chi connectivity index (χ1n) is 5.65. The van der Waals surface area contributed by atoms with E-state index in [1.165, 1.54) is 0 Å². The Kier molecular flexibility index (Phi) is 3.71. The highest BCUT2D eigenvalue weighted by Gasteiger charge is 2.22. The van der Waals surface area contributed by atoms with Gasteiger partial charge < -0.3 is 4.57 Å². The number of rotatable bonds is 3. The van der Waals surface area contributed by atoms with Gasteiger partial charge >= 0.3 is 0 Å². The molecule has 1 aliphatic heterocycles. The molecule has 16 heavy (non-hydrogen) atoms. The highest BCUT2D eigenvalue weighted by molar-refractivity contribution is 7.99. The number of nitrogens with zero attached hydrogens (tertiary/aromatic N) is 2. The molecule has 88 valence electrons. The molecule has 1 atom stereocenters. The van der Waals surface area contributed by atoms with Gasteiger partial charge in [0.05, 0.1) is 12.2 Å². The Bertz CT molecular complexity index is 375. The number of aryl methyl sites for hydroxylation is 1. The van der Waals surface area contributed by atoms with E-state index in [-0.39, 0.29) is 5.78 Å². The molecule has 1 aromatic heterocycles.